The molecule has 2 bridgehead atoms. The Morgan fingerprint density at radius 3 is 2.52 bits per heavy atom. The number of hydrogen-bond donors (Lipinski definition) is 1. The summed E-state index contributed by atoms with van der Waals surface area (Å²) in [6.45, 7) is 3.06. The molecule has 5 nitrogen and oxygen atoms in total. The number of ether oxygens (including phenoxy) is 1. The fourth-order valence-corrected chi connectivity index (χ4v) is 5.39. The average molecular weight is 416 g/mol. The number of piperidine rings is 1. The maximum Gasteiger partial charge on any atom is 0.130 e. The van der Waals surface area contributed by atoms with Crippen LogP contribution < -0.4 is 4.74 Å². The largest absolute Gasteiger partial charge is 0.487 e. The Morgan fingerprint density at radius 2 is 1.77 bits per heavy atom. The van der Waals surface area contributed by atoms with E-state index in [1.54, 1.807) is 12.4 Å². The van der Waals surface area contributed by atoms with Crippen molar-refractivity contribution < 1.29 is 9.84 Å². The summed E-state index contributed by atoms with van der Waals surface area (Å²) < 4.78 is 6.12. The van der Waals surface area contributed by atoms with Gasteiger partial charge in [-0.3, -0.25) is 14.9 Å². The first-order chi connectivity index (χ1) is 15.2. The Labute approximate surface area is 183 Å². The molecule has 1 aromatic carbocycles. The summed E-state index contributed by atoms with van der Waals surface area (Å²) in [5, 5.41) is 11.8. The summed E-state index contributed by atoms with van der Waals surface area (Å²) in [7, 11) is 0. The van der Waals surface area contributed by atoms with Crippen molar-refractivity contribution in [3.8, 4) is 5.75 Å². The number of hydrogen-bond acceptors (Lipinski definition) is 5. The van der Waals surface area contributed by atoms with Crippen molar-refractivity contribution >= 4 is 0 Å². The molecule has 1 N–H and O–H groups in total. The molecule has 2 aliphatic rings. The highest BCUT2D eigenvalue weighted by Gasteiger charge is 2.51. The van der Waals surface area contributed by atoms with Gasteiger partial charge < -0.3 is 9.84 Å². The first-order valence-electron chi connectivity index (χ1n) is 11.2. The van der Waals surface area contributed by atoms with Gasteiger partial charge >= 0.3 is 0 Å². The summed E-state index contributed by atoms with van der Waals surface area (Å²) in [5.74, 6) is 1.36. The number of para-hydroxylation sites is 1. The van der Waals surface area contributed by atoms with Crippen molar-refractivity contribution in [2.24, 2.45) is 11.8 Å². The Hall–Kier alpha value is -2.76. The highest BCUT2D eigenvalue weighted by molar-refractivity contribution is 5.34. The van der Waals surface area contributed by atoms with Crippen molar-refractivity contribution in [2.75, 3.05) is 13.1 Å². The van der Waals surface area contributed by atoms with E-state index in [1.165, 1.54) is 12.0 Å². The van der Waals surface area contributed by atoms with Crippen LogP contribution >= 0.6 is 0 Å². The van der Waals surface area contributed by atoms with Crippen LogP contribution in [0.3, 0.4) is 0 Å². The van der Waals surface area contributed by atoms with E-state index in [2.05, 4.69) is 27.0 Å². The maximum atomic E-state index is 11.8. The van der Waals surface area contributed by atoms with Gasteiger partial charge in [-0.1, -0.05) is 36.8 Å². The van der Waals surface area contributed by atoms with Gasteiger partial charge in [0.25, 0.3) is 0 Å². The van der Waals surface area contributed by atoms with E-state index < -0.39 is 5.60 Å². The van der Waals surface area contributed by atoms with Crippen molar-refractivity contribution in [1.29, 1.82) is 0 Å². The van der Waals surface area contributed by atoms with Crippen molar-refractivity contribution in [3.05, 3.63) is 90.0 Å². The van der Waals surface area contributed by atoms with Crippen LogP contribution in [0.25, 0.3) is 0 Å². The van der Waals surface area contributed by atoms with E-state index in [9.17, 15) is 5.11 Å². The Kier molecular flexibility index (Phi) is 5.70. The average Bonchev–Trinajstić information content (AvgIpc) is 2.80. The summed E-state index contributed by atoms with van der Waals surface area (Å²) in [4.78, 5) is 11.1. The number of benzene rings is 1. The summed E-state index contributed by atoms with van der Waals surface area (Å²) in [6.07, 6.45) is 8.71. The van der Waals surface area contributed by atoms with Gasteiger partial charge in [-0.05, 0) is 37.1 Å². The quantitative estimate of drug-likeness (QED) is 0.655. The molecular weight excluding hydrogens is 386 g/mol. The third kappa shape index (κ3) is 4.08. The van der Waals surface area contributed by atoms with Crippen LogP contribution in [0.1, 0.15) is 36.1 Å². The lowest BCUT2D eigenvalue weighted by Gasteiger charge is -2.53. The predicted octanol–water partition coefficient (Wildman–Crippen LogP) is 4.18. The van der Waals surface area contributed by atoms with Gasteiger partial charge in [0.15, 0.2) is 0 Å². The van der Waals surface area contributed by atoms with Gasteiger partial charge in [-0.2, -0.15) is 0 Å². The van der Waals surface area contributed by atoms with Crippen LogP contribution in [-0.4, -0.2) is 33.1 Å². The van der Waals surface area contributed by atoms with Crippen molar-refractivity contribution in [3.63, 3.8) is 0 Å². The molecule has 2 fully saturated rings. The zero-order chi connectivity index (χ0) is 21.1. The minimum Gasteiger partial charge on any atom is -0.487 e. The molecule has 1 saturated heterocycles. The molecule has 0 spiro atoms. The topological polar surface area (TPSA) is 58.5 Å². The Balaban J connectivity index is 1.31. The molecule has 5 heteroatoms. The number of aliphatic hydroxyl groups is 1. The highest BCUT2D eigenvalue weighted by Crippen LogP contribution is 2.49. The van der Waals surface area contributed by atoms with E-state index in [0.717, 1.165) is 49.5 Å². The third-order valence-electron chi connectivity index (χ3n) is 6.90. The molecule has 31 heavy (non-hydrogen) atoms. The molecular formula is C26H29N3O2. The van der Waals surface area contributed by atoms with Crippen LogP contribution in [-0.2, 0) is 18.8 Å². The van der Waals surface area contributed by atoms with Crippen LogP contribution in [0.15, 0.2) is 73.2 Å². The van der Waals surface area contributed by atoms with E-state index in [0.29, 0.717) is 6.61 Å². The second-order valence-corrected chi connectivity index (χ2v) is 8.80. The predicted molar refractivity (Wildman–Crippen MR) is 119 cm³/mol. The summed E-state index contributed by atoms with van der Waals surface area (Å²) >= 11 is 0. The van der Waals surface area contributed by atoms with Crippen LogP contribution in [0.5, 0.6) is 5.75 Å². The molecule has 1 aliphatic heterocycles. The number of pyridine rings is 2. The van der Waals surface area contributed by atoms with E-state index in [-0.39, 0.29) is 11.8 Å². The minimum atomic E-state index is -0.766. The monoisotopic (exact) mass is 415 g/mol. The van der Waals surface area contributed by atoms with Crippen LogP contribution in [0, 0.1) is 11.8 Å². The van der Waals surface area contributed by atoms with Crippen LogP contribution in [0.4, 0.5) is 0 Å². The molecule has 160 valence electrons. The first kappa shape index (κ1) is 20.2. The lowest BCUT2D eigenvalue weighted by Crippen LogP contribution is -2.57. The van der Waals surface area contributed by atoms with Gasteiger partial charge in [-0.25, -0.2) is 0 Å². The molecule has 3 aromatic rings. The Morgan fingerprint density at radius 1 is 0.968 bits per heavy atom. The second-order valence-electron chi connectivity index (χ2n) is 8.80. The molecule has 0 amide bonds. The van der Waals surface area contributed by atoms with E-state index >= 15 is 0 Å². The van der Waals surface area contributed by atoms with Gasteiger partial charge in [0.1, 0.15) is 12.4 Å². The molecule has 1 saturated carbocycles. The molecule has 1 aliphatic carbocycles. The number of nitrogens with zero attached hydrogens (tertiary/aromatic N) is 3. The lowest BCUT2D eigenvalue weighted by molar-refractivity contribution is -0.148. The van der Waals surface area contributed by atoms with Gasteiger partial charge in [0.05, 0.1) is 11.3 Å². The second kappa shape index (κ2) is 8.77. The molecule has 3 atom stereocenters. The maximum absolute atomic E-state index is 11.8. The normalized spacial score (nSPS) is 25.8. The zero-order valence-corrected chi connectivity index (χ0v) is 17.7. The van der Waals surface area contributed by atoms with Gasteiger partial charge in [0.2, 0.25) is 0 Å². The standard InChI is InChI=1S/C26H29N3O2/c30-26(21-10-6-13-27-15-21)22-8-5-9-23(26)18-29(17-22)16-20-7-1-2-12-25(20)31-19-24-11-3-4-14-28-24/h1-4,6-7,10-15,22-23,30H,5,8-9,16-19H2/t22-,23+,26?. The molecule has 1 unspecified atom stereocenters. The first-order valence-corrected chi connectivity index (χ1v) is 11.2. The SMILES string of the molecule is OC1(c2cccnc2)[C@@H]2CCC[C@H]1CN(Cc1ccccc1OCc1ccccn1)C2. The third-order valence-corrected chi connectivity index (χ3v) is 6.90. The fraction of sp³-hybridized carbons (Fsp3) is 0.385. The van der Waals surface area contributed by atoms with Crippen LogP contribution in [0.2, 0.25) is 0 Å². The summed E-state index contributed by atoms with van der Waals surface area (Å²) in [6, 6.07) is 18.1. The van der Waals surface area contributed by atoms with E-state index in [1.807, 2.05) is 48.7 Å². The number of aromatic nitrogens is 2. The summed E-state index contributed by atoms with van der Waals surface area (Å²) in [5.41, 5.74) is 2.32. The van der Waals surface area contributed by atoms with Crippen molar-refractivity contribution in [2.45, 2.75) is 38.0 Å². The Bertz CT molecular complexity index is 982. The number of rotatable bonds is 6. The van der Waals surface area contributed by atoms with E-state index in [4.69, 9.17) is 4.74 Å². The fourth-order valence-electron chi connectivity index (χ4n) is 5.39. The molecule has 0 radical (unpaired) electrons. The minimum absolute atomic E-state index is 0.228. The zero-order valence-electron chi connectivity index (χ0n) is 17.7. The highest BCUT2D eigenvalue weighted by atomic mass is 16.5. The van der Waals surface area contributed by atoms with Gasteiger partial charge in [-0.15, -0.1) is 0 Å². The smallest absolute Gasteiger partial charge is 0.130 e. The van der Waals surface area contributed by atoms with Gasteiger partial charge in [0, 0.05) is 61.2 Å². The molecule has 5 rings (SSSR count). The molecule has 2 aromatic heterocycles. The molecule has 3 heterocycles. The lowest BCUT2D eigenvalue weighted by atomic mass is 9.63. The number of fused-ring (bicyclic) bond motifs is 2. The number of likely N-dealkylation sites (tertiary alicyclic amines) is 1. The van der Waals surface area contributed by atoms with Crippen molar-refractivity contribution in [1.82, 2.24) is 14.9 Å².